The molecule has 0 aromatic heterocycles. The SMILES string of the molecule is CCOCC(C(=O)OCC(C)C)=C(c1ccccc1)c1ccccc1. The van der Waals surface area contributed by atoms with Crippen LogP contribution in [0.1, 0.15) is 31.9 Å². The van der Waals surface area contributed by atoms with E-state index in [1.54, 1.807) is 0 Å². The van der Waals surface area contributed by atoms with E-state index in [9.17, 15) is 4.79 Å². The second-order valence-electron chi connectivity index (χ2n) is 6.22. The van der Waals surface area contributed by atoms with Gasteiger partial charge >= 0.3 is 5.97 Å². The molecule has 0 saturated heterocycles. The summed E-state index contributed by atoms with van der Waals surface area (Å²) in [7, 11) is 0. The first kappa shape index (κ1) is 18.9. The minimum absolute atomic E-state index is 0.229. The zero-order valence-corrected chi connectivity index (χ0v) is 15.2. The Labute approximate surface area is 150 Å². The standard InChI is InChI=1S/C22H26O3/c1-4-24-16-20(22(23)25-15-17(2)3)21(18-11-7-5-8-12-18)19-13-9-6-10-14-19/h5-14,17H,4,15-16H2,1-3H3. The van der Waals surface area contributed by atoms with E-state index >= 15 is 0 Å². The lowest BCUT2D eigenvalue weighted by Crippen LogP contribution is -2.18. The average molecular weight is 338 g/mol. The van der Waals surface area contributed by atoms with Crippen LogP contribution in [-0.4, -0.2) is 25.8 Å². The third-order valence-electron chi connectivity index (χ3n) is 3.67. The zero-order chi connectivity index (χ0) is 18.1. The van der Waals surface area contributed by atoms with Gasteiger partial charge in [-0.2, -0.15) is 0 Å². The number of hydrogen-bond acceptors (Lipinski definition) is 3. The molecule has 0 aliphatic carbocycles. The Morgan fingerprint density at radius 1 is 0.920 bits per heavy atom. The number of benzene rings is 2. The topological polar surface area (TPSA) is 35.5 Å². The highest BCUT2D eigenvalue weighted by molar-refractivity contribution is 6.02. The molecule has 2 aromatic rings. The van der Waals surface area contributed by atoms with Crippen molar-refractivity contribution in [2.45, 2.75) is 20.8 Å². The van der Waals surface area contributed by atoms with E-state index in [2.05, 4.69) is 0 Å². The summed E-state index contributed by atoms with van der Waals surface area (Å²) < 4.78 is 11.1. The monoisotopic (exact) mass is 338 g/mol. The van der Waals surface area contributed by atoms with Crippen molar-refractivity contribution in [1.82, 2.24) is 0 Å². The fraction of sp³-hybridized carbons (Fsp3) is 0.318. The molecule has 0 unspecified atom stereocenters. The van der Waals surface area contributed by atoms with Gasteiger partial charge < -0.3 is 9.47 Å². The lowest BCUT2D eigenvalue weighted by Gasteiger charge is -2.17. The molecule has 0 amide bonds. The lowest BCUT2D eigenvalue weighted by atomic mass is 9.93. The predicted octanol–water partition coefficient (Wildman–Crippen LogP) is 4.72. The number of rotatable bonds is 8. The van der Waals surface area contributed by atoms with Crippen LogP contribution >= 0.6 is 0 Å². The van der Waals surface area contributed by atoms with Crippen molar-refractivity contribution in [2.75, 3.05) is 19.8 Å². The molecule has 3 nitrogen and oxygen atoms in total. The van der Waals surface area contributed by atoms with Crippen molar-refractivity contribution in [3.8, 4) is 0 Å². The van der Waals surface area contributed by atoms with Crippen LogP contribution in [0.2, 0.25) is 0 Å². The van der Waals surface area contributed by atoms with Gasteiger partial charge in [0.05, 0.1) is 18.8 Å². The first-order valence-electron chi connectivity index (χ1n) is 8.72. The maximum atomic E-state index is 12.8. The van der Waals surface area contributed by atoms with Crippen LogP contribution in [0, 0.1) is 5.92 Å². The number of hydrogen-bond donors (Lipinski definition) is 0. The average Bonchev–Trinajstić information content (AvgIpc) is 2.64. The summed E-state index contributed by atoms with van der Waals surface area (Å²) in [5, 5.41) is 0. The fourth-order valence-electron chi connectivity index (χ4n) is 2.49. The van der Waals surface area contributed by atoms with Crippen LogP contribution in [-0.2, 0) is 14.3 Å². The quantitative estimate of drug-likeness (QED) is 0.516. The molecule has 0 bridgehead atoms. The van der Waals surface area contributed by atoms with Crippen molar-refractivity contribution in [1.29, 1.82) is 0 Å². The summed E-state index contributed by atoms with van der Waals surface area (Å²) >= 11 is 0. The first-order valence-corrected chi connectivity index (χ1v) is 8.72. The molecule has 0 N–H and O–H groups in total. The molecule has 0 heterocycles. The molecule has 132 valence electrons. The van der Waals surface area contributed by atoms with Gasteiger partial charge in [-0.25, -0.2) is 4.79 Å². The molecule has 0 spiro atoms. The third kappa shape index (κ3) is 5.57. The number of ether oxygens (including phenoxy) is 2. The molecule has 0 radical (unpaired) electrons. The Morgan fingerprint density at radius 2 is 1.44 bits per heavy atom. The number of carbonyl (C=O) groups is 1. The summed E-state index contributed by atoms with van der Waals surface area (Å²) in [6.07, 6.45) is 0. The van der Waals surface area contributed by atoms with Crippen LogP contribution in [0.5, 0.6) is 0 Å². The lowest BCUT2D eigenvalue weighted by molar-refractivity contribution is -0.140. The molecule has 3 heteroatoms. The van der Waals surface area contributed by atoms with Gasteiger partial charge in [0, 0.05) is 12.2 Å². The van der Waals surface area contributed by atoms with Crippen LogP contribution in [0.4, 0.5) is 0 Å². The molecular formula is C22H26O3. The van der Waals surface area contributed by atoms with E-state index in [1.165, 1.54) is 0 Å². The van der Waals surface area contributed by atoms with Gasteiger partial charge in [-0.15, -0.1) is 0 Å². The second kappa shape index (κ2) is 9.80. The summed E-state index contributed by atoms with van der Waals surface area (Å²) in [6.45, 7) is 7.13. The van der Waals surface area contributed by atoms with Crippen LogP contribution < -0.4 is 0 Å². The van der Waals surface area contributed by atoms with Crippen molar-refractivity contribution >= 4 is 11.5 Å². The Balaban J connectivity index is 2.54. The van der Waals surface area contributed by atoms with Gasteiger partial charge in [-0.3, -0.25) is 0 Å². The maximum Gasteiger partial charge on any atom is 0.337 e. The van der Waals surface area contributed by atoms with Gasteiger partial charge in [-0.05, 0) is 24.0 Å². The summed E-state index contributed by atoms with van der Waals surface area (Å²) in [6, 6.07) is 19.8. The Morgan fingerprint density at radius 3 is 1.88 bits per heavy atom. The van der Waals surface area contributed by atoms with E-state index in [0.29, 0.717) is 18.8 Å². The normalized spacial score (nSPS) is 10.6. The van der Waals surface area contributed by atoms with Crippen molar-refractivity contribution in [3.63, 3.8) is 0 Å². The third-order valence-corrected chi connectivity index (χ3v) is 3.67. The highest BCUT2D eigenvalue weighted by Gasteiger charge is 2.20. The molecular weight excluding hydrogens is 312 g/mol. The number of esters is 1. The second-order valence-corrected chi connectivity index (χ2v) is 6.22. The highest BCUT2D eigenvalue weighted by atomic mass is 16.5. The van der Waals surface area contributed by atoms with E-state index in [-0.39, 0.29) is 18.5 Å². The van der Waals surface area contributed by atoms with Gasteiger partial charge in [-0.1, -0.05) is 74.5 Å². The van der Waals surface area contributed by atoms with Crippen LogP contribution in [0.3, 0.4) is 0 Å². The van der Waals surface area contributed by atoms with E-state index in [1.807, 2.05) is 81.4 Å². The smallest absolute Gasteiger partial charge is 0.337 e. The maximum absolute atomic E-state index is 12.8. The molecule has 0 aliphatic rings. The van der Waals surface area contributed by atoms with Gasteiger partial charge in [0.1, 0.15) is 0 Å². The Hall–Kier alpha value is -2.39. The number of carbonyl (C=O) groups excluding carboxylic acids is 1. The largest absolute Gasteiger partial charge is 0.462 e. The minimum atomic E-state index is -0.315. The summed E-state index contributed by atoms with van der Waals surface area (Å²) in [5.74, 6) is -0.0287. The molecule has 0 atom stereocenters. The molecule has 0 aliphatic heterocycles. The van der Waals surface area contributed by atoms with Crippen molar-refractivity contribution in [3.05, 3.63) is 77.4 Å². The van der Waals surface area contributed by atoms with Crippen molar-refractivity contribution in [2.24, 2.45) is 5.92 Å². The van der Waals surface area contributed by atoms with E-state index in [4.69, 9.17) is 9.47 Å². The minimum Gasteiger partial charge on any atom is -0.462 e. The molecule has 2 aromatic carbocycles. The zero-order valence-electron chi connectivity index (χ0n) is 15.2. The van der Waals surface area contributed by atoms with Crippen molar-refractivity contribution < 1.29 is 14.3 Å². The predicted molar refractivity (Wildman–Crippen MR) is 101 cm³/mol. The Bertz CT molecular complexity index is 646. The fourth-order valence-corrected chi connectivity index (χ4v) is 2.49. The first-order chi connectivity index (χ1) is 12.1. The molecule has 25 heavy (non-hydrogen) atoms. The van der Waals surface area contributed by atoms with E-state index < -0.39 is 0 Å². The highest BCUT2D eigenvalue weighted by Crippen LogP contribution is 2.28. The summed E-state index contributed by atoms with van der Waals surface area (Å²) in [4.78, 5) is 12.8. The van der Waals surface area contributed by atoms with Gasteiger partial charge in [0.2, 0.25) is 0 Å². The molecule has 0 saturated carbocycles. The van der Waals surface area contributed by atoms with Crippen LogP contribution in [0.15, 0.2) is 66.2 Å². The van der Waals surface area contributed by atoms with Crippen LogP contribution in [0.25, 0.3) is 5.57 Å². The summed E-state index contributed by atoms with van der Waals surface area (Å²) in [5.41, 5.74) is 3.37. The molecule has 2 rings (SSSR count). The molecule has 0 fully saturated rings. The van der Waals surface area contributed by atoms with Gasteiger partial charge in [0.15, 0.2) is 0 Å². The van der Waals surface area contributed by atoms with E-state index in [0.717, 1.165) is 16.7 Å². The Kier molecular flexibility index (Phi) is 7.42. The van der Waals surface area contributed by atoms with Gasteiger partial charge in [0.25, 0.3) is 0 Å².